The van der Waals surface area contributed by atoms with Gasteiger partial charge in [-0.25, -0.2) is 9.37 Å². The number of nitrogens with one attached hydrogen (secondary N) is 2. The molecule has 0 saturated heterocycles. The van der Waals surface area contributed by atoms with E-state index < -0.39 is 5.82 Å². The Kier molecular flexibility index (Phi) is 4.36. The zero-order valence-electron chi connectivity index (χ0n) is 16.5. The molecule has 1 aromatic carbocycles. The fourth-order valence-corrected chi connectivity index (χ4v) is 3.73. The number of nitrogen functional groups attached to an aromatic ring is 1. The van der Waals surface area contributed by atoms with Gasteiger partial charge in [-0.1, -0.05) is 30.3 Å². The molecule has 9 heteroatoms. The van der Waals surface area contributed by atoms with Gasteiger partial charge >= 0.3 is 0 Å². The second kappa shape index (κ2) is 7.21. The number of hydrogen-bond donors (Lipinski definition) is 3. The van der Waals surface area contributed by atoms with E-state index in [0.29, 0.717) is 28.1 Å². The molecule has 1 unspecified atom stereocenters. The number of aromatic amines is 1. The number of nitrogens with two attached hydrogens (primary N) is 1. The molecule has 0 aliphatic carbocycles. The lowest BCUT2D eigenvalue weighted by atomic mass is 9.96. The molecule has 0 radical (unpaired) electrons. The lowest BCUT2D eigenvalue weighted by Gasteiger charge is -2.20. The number of fused-ring (bicyclic) bond motifs is 2. The minimum atomic E-state index is -0.481. The normalized spacial score (nSPS) is 12.3. The van der Waals surface area contributed by atoms with Crippen molar-refractivity contribution in [2.24, 2.45) is 0 Å². The Balaban J connectivity index is 1.70. The van der Waals surface area contributed by atoms with Crippen LogP contribution in [0.1, 0.15) is 18.5 Å². The topological polar surface area (TPSA) is 114 Å². The van der Waals surface area contributed by atoms with Crippen LogP contribution >= 0.6 is 0 Å². The van der Waals surface area contributed by atoms with Crippen molar-refractivity contribution < 1.29 is 4.39 Å². The SMILES string of the molecule is CC(Nc1nc(N)nc2nc[nH]c12)c1cc2ccc(F)cn2c(=O)c1-c1ccccc1. The molecule has 0 aliphatic rings. The summed E-state index contributed by atoms with van der Waals surface area (Å²) in [6.07, 6.45) is 2.71. The highest BCUT2D eigenvalue weighted by Crippen LogP contribution is 2.30. The molecule has 4 N–H and O–H groups in total. The van der Waals surface area contributed by atoms with Gasteiger partial charge in [0.05, 0.1) is 17.9 Å². The van der Waals surface area contributed by atoms with Crippen LogP contribution in [0.5, 0.6) is 0 Å². The molecule has 0 fully saturated rings. The van der Waals surface area contributed by atoms with Gasteiger partial charge in [0.2, 0.25) is 5.95 Å². The van der Waals surface area contributed by atoms with Gasteiger partial charge in [-0.15, -0.1) is 0 Å². The molecule has 31 heavy (non-hydrogen) atoms. The van der Waals surface area contributed by atoms with Crippen LogP contribution in [-0.4, -0.2) is 24.3 Å². The average Bonchev–Trinajstić information content (AvgIpc) is 3.23. The van der Waals surface area contributed by atoms with Crippen molar-refractivity contribution in [3.63, 3.8) is 0 Å². The highest BCUT2D eigenvalue weighted by atomic mass is 19.1. The number of benzene rings is 1. The summed E-state index contributed by atoms with van der Waals surface area (Å²) in [5.41, 5.74) is 9.13. The van der Waals surface area contributed by atoms with Gasteiger partial charge in [-0.2, -0.15) is 9.97 Å². The number of pyridine rings is 2. The fourth-order valence-electron chi connectivity index (χ4n) is 3.73. The minimum absolute atomic E-state index is 0.0895. The van der Waals surface area contributed by atoms with Crippen LogP contribution in [0.2, 0.25) is 0 Å². The first-order chi connectivity index (χ1) is 15.0. The van der Waals surface area contributed by atoms with E-state index in [1.165, 1.54) is 23.0 Å². The molecule has 0 bridgehead atoms. The fraction of sp³-hybridized carbons (Fsp3) is 0.0909. The van der Waals surface area contributed by atoms with Crippen molar-refractivity contribution in [2.75, 3.05) is 11.1 Å². The quantitative estimate of drug-likeness (QED) is 0.414. The van der Waals surface area contributed by atoms with Crippen molar-refractivity contribution in [3.8, 4) is 11.1 Å². The van der Waals surface area contributed by atoms with E-state index in [1.54, 1.807) is 6.07 Å². The predicted octanol–water partition coefficient (Wildman–Crippen LogP) is 3.53. The minimum Gasteiger partial charge on any atom is -0.368 e. The van der Waals surface area contributed by atoms with Gasteiger partial charge in [-0.05, 0) is 36.2 Å². The van der Waals surface area contributed by atoms with E-state index in [2.05, 4.69) is 25.3 Å². The monoisotopic (exact) mass is 415 g/mol. The average molecular weight is 415 g/mol. The van der Waals surface area contributed by atoms with Crippen molar-refractivity contribution in [2.45, 2.75) is 13.0 Å². The van der Waals surface area contributed by atoms with Crippen LogP contribution in [0.3, 0.4) is 0 Å². The maximum atomic E-state index is 13.8. The molecule has 0 spiro atoms. The largest absolute Gasteiger partial charge is 0.368 e. The zero-order valence-corrected chi connectivity index (χ0v) is 16.5. The van der Waals surface area contributed by atoms with E-state index in [-0.39, 0.29) is 17.5 Å². The maximum absolute atomic E-state index is 13.8. The third kappa shape index (κ3) is 3.25. The molecule has 0 aliphatic heterocycles. The van der Waals surface area contributed by atoms with E-state index in [9.17, 15) is 9.18 Å². The Morgan fingerprint density at radius 2 is 1.97 bits per heavy atom. The summed E-state index contributed by atoms with van der Waals surface area (Å²) in [5.74, 6) is 0.0862. The molecule has 5 rings (SSSR count). The third-order valence-corrected chi connectivity index (χ3v) is 5.15. The molecule has 1 atom stereocenters. The van der Waals surface area contributed by atoms with E-state index in [1.807, 2.05) is 43.3 Å². The van der Waals surface area contributed by atoms with Crippen LogP contribution in [-0.2, 0) is 0 Å². The van der Waals surface area contributed by atoms with E-state index in [0.717, 1.165) is 11.1 Å². The zero-order chi connectivity index (χ0) is 21.5. The van der Waals surface area contributed by atoms with Crippen LogP contribution < -0.4 is 16.6 Å². The molecule has 8 nitrogen and oxygen atoms in total. The summed E-state index contributed by atoms with van der Waals surface area (Å²) in [4.78, 5) is 28.9. The third-order valence-electron chi connectivity index (χ3n) is 5.15. The summed E-state index contributed by atoms with van der Waals surface area (Å²) in [7, 11) is 0. The number of rotatable bonds is 4. The number of imidazole rings is 1. The number of halogens is 1. The molecule has 4 aromatic heterocycles. The number of H-pyrrole nitrogens is 1. The Morgan fingerprint density at radius 3 is 2.77 bits per heavy atom. The second-order valence-corrected chi connectivity index (χ2v) is 7.19. The van der Waals surface area contributed by atoms with Crippen molar-refractivity contribution in [3.05, 3.63) is 82.8 Å². The molecule has 0 amide bonds. The maximum Gasteiger partial charge on any atom is 0.263 e. The lowest BCUT2D eigenvalue weighted by Crippen LogP contribution is -2.21. The summed E-state index contributed by atoms with van der Waals surface area (Å²) < 4.78 is 15.2. The first kappa shape index (κ1) is 18.7. The van der Waals surface area contributed by atoms with Crippen molar-refractivity contribution >= 4 is 28.4 Å². The summed E-state index contributed by atoms with van der Waals surface area (Å²) in [6.45, 7) is 1.92. The number of nitrogens with zero attached hydrogens (tertiary/aromatic N) is 4. The van der Waals surface area contributed by atoms with Gasteiger partial charge < -0.3 is 16.0 Å². The Hall–Kier alpha value is -4.27. The number of aromatic nitrogens is 5. The molecule has 0 saturated carbocycles. The predicted molar refractivity (Wildman–Crippen MR) is 117 cm³/mol. The van der Waals surface area contributed by atoms with Crippen LogP contribution in [0.4, 0.5) is 16.2 Å². The van der Waals surface area contributed by atoms with Gasteiger partial charge in [0.1, 0.15) is 11.3 Å². The lowest BCUT2D eigenvalue weighted by molar-refractivity contribution is 0.618. The van der Waals surface area contributed by atoms with Gasteiger partial charge in [0, 0.05) is 11.7 Å². The number of anilines is 2. The summed E-state index contributed by atoms with van der Waals surface area (Å²) in [5, 5.41) is 3.32. The Bertz CT molecular complexity index is 1480. The van der Waals surface area contributed by atoms with Gasteiger partial charge in [-0.3, -0.25) is 9.20 Å². The van der Waals surface area contributed by atoms with Gasteiger partial charge in [0.15, 0.2) is 11.5 Å². The Morgan fingerprint density at radius 1 is 1.16 bits per heavy atom. The van der Waals surface area contributed by atoms with Crippen LogP contribution in [0.15, 0.2) is 65.8 Å². The molecular formula is C22H18FN7O. The molecule has 4 heterocycles. The molecular weight excluding hydrogens is 397 g/mol. The first-order valence-electron chi connectivity index (χ1n) is 9.64. The smallest absolute Gasteiger partial charge is 0.263 e. The van der Waals surface area contributed by atoms with E-state index in [4.69, 9.17) is 5.73 Å². The standard InChI is InChI=1S/C22H18FN7O/c1-12(27-20-18-19(26-11-25-18)28-22(24)29-20)16-9-15-8-7-14(23)10-30(15)21(31)17(16)13-5-3-2-4-6-13/h2-12H,1H3,(H4,24,25,26,27,28,29). The highest BCUT2D eigenvalue weighted by Gasteiger charge is 2.20. The van der Waals surface area contributed by atoms with E-state index >= 15 is 0 Å². The summed E-state index contributed by atoms with van der Waals surface area (Å²) >= 11 is 0. The van der Waals surface area contributed by atoms with Crippen LogP contribution in [0, 0.1) is 5.82 Å². The highest BCUT2D eigenvalue weighted by molar-refractivity contribution is 5.84. The first-order valence-corrected chi connectivity index (χ1v) is 9.64. The molecule has 5 aromatic rings. The van der Waals surface area contributed by atoms with Crippen LogP contribution in [0.25, 0.3) is 27.8 Å². The Labute approximate surface area is 175 Å². The number of hydrogen-bond acceptors (Lipinski definition) is 6. The second-order valence-electron chi connectivity index (χ2n) is 7.19. The van der Waals surface area contributed by atoms with Crippen molar-refractivity contribution in [1.82, 2.24) is 24.3 Å². The van der Waals surface area contributed by atoms with Crippen molar-refractivity contribution in [1.29, 1.82) is 0 Å². The van der Waals surface area contributed by atoms with Gasteiger partial charge in [0.25, 0.3) is 5.56 Å². The molecule has 154 valence electrons. The summed E-state index contributed by atoms with van der Waals surface area (Å²) in [6, 6.07) is 13.8.